The molecule has 0 bridgehead atoms. The van der Waals surface area contributed by atoms with Crippen molar-refractivity contribution in [1.82, 2.24) is 10.3 Å². The highest BCUT2D eigenvalue weighted by Crippen LogP contribution is 2.35. The highest BCUT2D eigenvalue weighted by atomic mass is 79.9. The molecule has 9 heteroatoms. The molecule has 110 valence electrons. The molecule has 0 spiro atoms. The molecule has 0 radical (unpaired) electrons. The standard InChI is InChI=1S/C12H10BrClN4O2S/c13-9-7(8(11(19)20)18-12(15)16)17-10(21-9)5-1-3-6(14)4-2-5/h1-4,8H,(H,19,20)(H4,15,16,18). The van der Waals surface area contributed by atoms with E-state index < -0.39 is 18.0 Å². The number of carboxylic acid groups (broad SMARTS) is 1. The van der Waals surface area contributed by atoms with E-state index in [9.17, 15) is 9.90 Å². The molecule has 5 N–H and O–H groups in total. The van der Waals surface area contributed by atoms with E-state index in [1.54, 1.807) is 24.3 Å². The number of carboxylic acids is 1. The average molecular weight is 390 g/mol. The first-order valence-electron chi connectivity index (χ1n) is 5.64. The molecular weight excluding hydrogens is 380 g/mol. The molecule has 0 fully saturated rings. The van der Waals surface area contributed by atoms with E-state index in [1.165, 1.54) is 11.3 Å². The van der Waals surface area contributed by atoms with Gasteiger partial charge in [0.25, 0.3) is 0 Å². The SMILES string of the molecule is N=C(N)NC(C(=O)O)c1nc(-c2ccc(Cl)cc2)sc1Br. The number of guanidine groups is 1. The van der Waals surface area contributed by atoms with Gasteiger partial charge in [-0.1, -0.05) is 23.7 Å². The molecule has 1 heterocycles. The van der Waals surface area contributed by atoms with Crippen molar-refractivity contribution in [3.63, 3.8) is 0 Å². The van der Waals surface area contributed by atoms with E-state index in [0.29, 0.717) is 13.8 Å². The van der Waals surface area contributed by atoms with E-state index in [4.69, 9.17) is 22.7 Å². The number of rotatable bonds is 4. The van der Waals surface area contributed by atoms with Crippen LogP contribution in [0.2, 0.25) is 5.02 Å². The number of carbonyl (C=O) groups is 1. The molecule has 0 amide bonds. The number of aliphatic carboxylic acids is 1. The van der Waals surface area contributed by atoms with Crippen molar-refractivity contribution in [3.8, 4) is 10.6 Å². The summed E-state index contributed by atoms with van der Waals surface area (Å²) in [6, 6.07) is 5.87. The Balaban J connectivity index is 2.39. The first-order chi connectivity index (χ1) is 9.88. The molecule has 0 aliphatic heterocycles. The van der Waals surface area contributed by atoms with E-state index in [0.717, 1.165) is 5.56 Å². The van der Waals surface area contributed by atoms with Gasteiger partial charge in [0.2, 0.25) is 0 Å². The lowest BCUT2D eigenvalue weighted by molar-refractivity contribution is -0.139. The number of hydrogen-bond acceptors (Lipinski definition) is 4. The van der Waals surface area contributed by atoms with Gasteiger partial charge < -0.3 is 16.2 Å². The number of hydrogen-bond donors (Lipinski definition) is 4. The second kappa shape index (κ2) is 6.42. The molecule has 0 aliphatic rings. The summed E-state index contributed by atoms with van der Waals surface area (Å²) < 4.78 is 0.564. The van der Waals surface area contributed by atoms with Crippen molar-refractivity contribution in [2.75, 3.05) is 0 Å². The number of nitrogens with zero attached hydrogens (tertiary/aromatic N) is 1. The molecule has 21 heavy (non-hydrogen) atoms. The van der Waals surface area contributed by atoms with Crippen LogP contribution in [0.25, 0.3) is 10.6 Å². The minimum absolute atomic E-state index is 0.271. The third kappa shape index (κ3) is 3.72. The summed E-state index contributed by atoms with van der Waals surface area (Å²) >= 11 is 10.4. The van der Waals surface area contributed by atoms with E-state index in [1.807, 2.05) is 0 Å². The van der Waals surface area contributed by atoms with Crippen LogP contribution in [0.5, 0.6) is 0 Å². The summed E-state index contributed by atoms with van der Waals surface area (Å²) in [5.41, 5.74) is 6.30. The van der Waals surface area contributed by atoms with Crippen LogP contribution in [0.1, 0.15) is 11.7 Å². The molecule has 0 saturated heterocycles. The van der Waals surface area contributed by atoms with Gasteiger partial charge in [-0.05, 0) is 28.1 Å². The Hall–Kier alpha value is -1.64. The van der Waals surface area contributed by atoms with Gasteiger partial charge >= 0.3 is 5.97 Å². The fraction of sp³-hybridized carbons (Fsp3) is 0.0833. The zero-order valence-corrected chi connectivity index (χ0v) is 13.6. The van der Waals surface area contributed by atoms with Crippen molar-refractivity contribution >= 4 is 50.8 Å². The molecule has 0 aliphatic carbocycles. The van der Waals surface area contributed by atoms with Gasteiger partial charge in [-0.15, -0.1) is 11.3 Å². The second-order valence-electron chi connectivity index (χ2n) is 4.01. The molecule has 2 aromatic rings. The Morgan fingerprint density at radius 1 is 1.48 bits per heavy atom. The quantitative estimate of drug-likeness (QED) is 0.474. The van der Waals surface area contributed by atoms with Gasteiger partial charge in [0.05, 0.1) is 3.79 Å². The number of nitrogens with two attached hydrogens (primary N) is 1. The first kappa shape index (κ1) is 15.7. The van der Waals surface area contributed by atoms with Crippen LogP contribution >= 0.6 is 38.9 Å². The molecule has 6 nitrogen and oxygen atoms in total. The highest BCUT2D eigenvalue weighted by molar-refractivity contribution is 9.11. The highest BCUT2D eigenvalue weighted by Gasteiger charge is 2.26. The number of thiazole rings is 1. The smallest absolute Gasteiger partial charge is 0.332 e. The summed E-state index contributed by atoms with van der Waals surface area (Å²) in [5, 5.41) is 20.0. The predicted octanol–water partition coefficient (Wildman–Crippen LogP) is 2.83. The third-order valence-corrected chi connectivity index (χ3v) is 4.57. The molecule has 2 rings (SSSR count). The van der Waals surface area contributed by atoms with Crippen LogP contribution in [0.4, 0.5) is 0 Å². The lowest BCUT2D eigenvalue weighted by atomic mass is 10.2. The van der Waals surface area contributed by atoms with Gasteiger partial charge in [-0.3, -0.25) is 5.41 Å². The van der Waals surface area contributed by atoms with Crippen molar-refractivity contribution < 1.29 is 9.90 Å². The Morgan fingerprint density at radius 3 is 2.62 bits per heavy atom. The molecule has 0 saturated carbocycles. The number of aromatic nitrogens is 1. The summed E-state index contributed by atoms with van der Waals surface area (Å²) in [6.45, 7) is 0. The summed E-state index contributed by atoms with van der Waals surface area (Å²) in [6.07, 6.45) is 0. The Labute approximate surface area is 137 Å². The fourth-order valence-electron chi connectivity index (χ4n) is 1.61. The minimum atomic E-state index is -1.19. The maximum Gasteiger partial charge on any atom is 0.332 e. The lowest BCUT2D eigenvalue weighted by Crippen LogP contribution is -2.38. The number of halogens is 2. The zero-order chi connectivity index (χ0) is 15.6. The van der Waals surface area contributed by atoms with Gasteiger partial charge in [0.1, 0.15) is 10.7 Å². The average Bonchev–Trinajstić information content (AvgIpc) is 2.78. The van der Waals surface area contributed by atoms with E-state index in [2.05, 4.69) is 26.2 Å². The summed E-state index contributed by atoms with van der Waals surface area (Å²) in [5.74, 6) is -1.60. The second-order valence-corrected chi connectivity index (χ2v) is 6.77. The van der Waals surface area contributed by atoms with Crippen LogP contribution in [-0.4, -0.2) is 22.0 Å². The van der Waals surface area contributed by atoms with Crippen molar-refractivity contribution in [3.05, 3.63) is 38.8 Å². The van der Waals surface area contributed by atoms with Gasteiger partial charge in [-0.2, -0.15) is 0 Å². The zero-order valence-electron chi connectivity index (χ0n) is 10.4. The molecule has 1 unspecified atom stereocenters. The Kier molecular flexibility index (Phi) is 4.81. The van der Waals surface area contributed by atoms with E-state index in [-0.39, 0.29) is 5.69 Å². The molecule has 1 aromatic carbocycles. The Bertz CT molecular complexity index is 689. The summed E-state index contributed by atoms with van der Waals surface area (Å²) in [4.78, 5) is 15.6. The normalized spacial score (nSPS) is 11.9. The van der Waals surface area contributed by atoms with Crippen molar-refractivity contribution in [1.29, 1.82) is 5.41 Å². The monoisotopic (exact) mass is 388 g/mol. The third-order valence-electron chi connectivity index (χ3n) is 2.52. The minimum Gasteiger partial charge on any atom is -0.479 e. The number of benzene rings is 1. The molecule has 1 aromatic heterocycles. The topological polar surface area (TPSA) is 112 Å². The van der Waals surface area contributed by atoms with E-state index >= 15 is 0 Å². The van der Waals surface area contributed by atoms with Gasteiger partial charge in [-0.25, -0.2) is 9.78 Å². The van der Waals surface area contributed by atoms with Crippen molar-refractivity contribution in [2.24, 2.45) is 5.73 Å². The van der Waals surface area contributed by atoms with Crippen molar-refractivity contribution in [2.45, 2.75) is 6.04 Å². The predicted molar refractivity (Wildman–Crippen MR) is 85.7 cm³/mol. The van der Waals surface area contributed by atoms with Crippen LogP contribution in [-0.2, 0) is 4.79 Å². The maximum absolute atomic E-state index is 11.3. The largest absolute Gasteiger partial charge is 0.479 e. The van der Waals surface area contributed by atoms with Crippen LogP contribution in [0, 0.1) is 5.41 Å². The van der Waals surface area contributed by atoms with Gasteiger partial charge in [0, 0.05) is 10.6 Å². The fourth-order valence-corrected chi connectivity index (χ4v) is 3.35. The van der Waals surface area contributed by atoms with Gasteiger partial charge in [0.15, 0.2) is 12.0 Å². The maximum atomic E-state index is 11.3. The summed E-state index contributed by atoms with van der Waals surface area (Å²) in [7, 11) is 0. The van der Waals surface area contributed by atoms with Crippen LogP contribution < -0.4 is 11.1 Å². The lowest BCUT2D eigenvalue weighted by Gasteiger charge is -2.12. The number of nitrogens with one attached hydrogen (secondary N) is 2. The molecule has 1 atom stereocenters. The first-order valence-corrected chi connectivity index (χ1v) is 7.62. The van der Waals surface area contributed by atoms with Crippen LogP contribution in [0.3, 0.4) is 0 Å². The molecular formula is C12H10BrClN4O2S. The van der Waals surface area contributed by atoms with Crippen LogP contribution in [0.15, 0.2) is 28.1 Å². The Morgan fingerprint density at radius 2 is 2.10 bits per heavy atom.